The fourth-order valence-corrected chi connectivity index (χ4v) is 2.90. The molecule has 1 aliphatic rings. The molecule has 1 amide bonds. The Kier molecular flexibility index (Phi) is 6.21. The number of amides is 1. The molecule has 0 aromatic heterocycles. The van der Waals surface area contributed by atoms with Crippen LogP contribution in [0.1, 0.15) is 19.8 Å². The number of carbonyl (C=O) groups is 1. The maximum Gasteiger partial charge on any atom is 0.230 e. The third kappa shape index (κ3) is 5.06. The summed E-state index contributed by atoms with van der Waals surface area (Å²) in [5.74, 6) is 1.44. The Hall–Kier alpha value is -1.20. The third-order valence-corrected chi connectivity index (χ3v) is 4.18. The van der Waals surface area contributed by atoms with Crippen molar-refractivity contribution in [2.24, 2.45) is 0 Å². The summed E-state index contributed by atoms with van der Waals surface area (Å²) in [7, 11) is 0. The van der Waals surface area contributed by atoms with E-state index in [-0.39, 0.29) is 11.9 Å². The molecule has 2 N–H and O–H groups in total. The van der Waals surface area contributed by atoms with E-state index in [0.29, 0.717) is 12.4 Å². The van der Waals surface area contributed by atoms with E-state index in [1.807, 2.05) is 31.2 Å². The van der Waals surface area contributed by atoms with Gasteiger partial charge in [0.15, 0.2) is 0 Å². The van der Waals surface area contributed by atoms with Gasteiger partial charge < -0.3 is 15.4 Å². The Labute approximate surface area is 124 Å². The van der Waals surface area contributed by atoms with Gasteiger partial charge in [-0.05, 0) is 50.6 Å². The van der Waals surface area contributed by atoms with Crippen LogP contribution in [0.15, 0.2) is 29.2 Å². The van der Waals surface area contributed by atoms with E-state index in [1.54, 1.807) is 11.8 Å². The number of ether oxygens (including phenoxy) is 1. The first-order valence-corrected chi connectivity index (χ1v) is 8.12. The molecule has 0 unspecified atom stereocenters. The molecule has 110 valence electrons. The topological polar surface area (TPSA) is 50.4 Å². The third-order valence-electron chi connectivity index (χ3n) is 3.17. The highest BCUT2D eigenvalue weighted by molar-refractivity contribution is 8.00. The van der Waals surface area contributed by atoms with Crippen molar-refractivity contribution in [3.63, 3.8) is 0 Å². The number of carbonyl (C=O) groups excluding carboxylic acids is 1. The number of hydrogen-bond acceptors (Lipinski definition) is 4. The predicted octanol–water partition coefficient (Wildman–Crippen LogP) is 2.05. The van der Waals surface area contributed by atoms with Gasteiger partial charge in [-0.1, -0.05) is 0 Å². The molecule has 1 atom stereocenters. The van der Waals surface area contributed by atoms with Gasteiger partial charge in [0, 0.05) is 17.5 Å². The summed E-state index contributed by atoms with van der Waals surface area (Å²) in [6, 6.07) is 8.15. The maximum atomic E-state index is 11.9. The van der Waals surface area contributed by atoms with Gasteiger partial charge in [0.25, 0.3) is 0 Å². The minimum absolute atomic E-state index is 0.109. The quantitative estimate of drug-likeness (QED) is 0.788. The summed E-state index contributed by atoms with van der Waals surface area (Å²) < 4.78 is 5.39. The fraction of sp³-hybridized carbons (Fsp3) is 0.533. The van der Waals surface area contributed by atoms with Crippen LogP contribution >= 0.6 is 11.8 Å². The summed E-state index contributed by atoms with van der Waals surface area (Å²) in [5, 5.41) is 6.37. The van der Waals surface area contributed by atoms with E-state index < -0.39 is 0 Å². The maximum absolute atomic E-state index is 11.9. The van der Waals surface area contributed by atoms with E-state index in [1.165, 1.54) is 0 Å². The first-order valence-electron chi connectivity index (χ1n) is 7.13. The van der Waals surface area contributed by atoms with Gasteiger partial charge >= 0.3 is 0 Å². The Morgan fingerprint density at radius 2 is 2.25 bits per heavy atom. The SMILES string of the molecule is CCOc1ccc(SCC(=O)N[C@H]2CCCNC2)cc1. The van der Waals surface area contributed by atoms with Crippen LogP contribution in [0.25, 0.3) is 0 Å². The largest absolute Gasteiger partial charge is 0.494 e. The van der Waals surface area contributed by atoms with Gasteiger partial charge in [-0.2, -0.15) is 0 Å². The first-order chi connectivity index (χ1) is 9.78. The second-order valence-electron chi connectivity index (χ2n) is 4.80. The van der Waals surface area contributed by atoms with E-state index in [0.717, 1.165) is 36.6 Å². The highest BCUT2D eigenvalue weighted by atomic mass is 32.2. The van der Waals surface area contributed by atoms with E-state index in [2.05, 4.69) is 10.6 Å². The summed E-state index contributed by atoms with van der Waals surface area (Å²) >= 11 is 1.56. The summed E-state index contributed by atoms with van der Waals surface area (Å²) in [5.41, 5.74) is 0. The number of thioether (sulfide) groups is 1. The fourth-order valence-electron chi connectivity index (χ4n) is 2.19. The molecule has 1 fully saturated rings. The van der Waals surface area contributed by atoms with Crippen LogP contribution in [-0.2, 0) is 4.79 Å². The van der Waals surface area contributed by atoms with Crippen molar-refractivity contribution in [1.82, 2.24) is 10.6 Å². The molecule has 20 heavy (non-hydrogen) atoms. The van der Waals surface area contributed by atoms with E-state index in [4.69, 9.17) is 4.74 Å². The summed E-state index contributed by atoms with van der Waals surface area (Å²) in [6.07, 6.45) is 2.21. The molecular weight excluding hydrogens is 272 g/mol. The molecule has 2 rings (SSSR count). The molecule has 1 aromatic carbocycles. The van der Waals surface area contributed by atoms with Crippen molar-refractivity contribution in [3.8, 4) is 5.75 Å². The highest BCUT2D eigenvalue weighted by Crippen LogP contribution is 2.21. The predicted molar refractivity (Wildman–Crippen MR) is 82.4 cm³/mol. The molecule has 4 nitrogen and oxygen atoms in total. The summed E-state index contributed by atoms with van der Waals surface area (Å²) in [4.78, 5) is 13.0. The molecule has 0 aliphatic carbocycles. The zero-order valence-corrected chi connectivity index (χ0v) is 12.7. The van der Waals surface area contributed by atoms with Crippen molar-refractivity contribution in [1.29, 1.82) is 0 Å². The second-order valence-corrected chi connectivity index (χ2v) is 5.85. The first kappa shape index (κ1) is 15.2. The molecule has 1 heterocycles. The molecule has 1 aromatic rings. The summed E-state index contributed by atoms with van der Waals surface area (Å²) in [6.45, 7) is 4.59. The Balaban J connectivity index is 1.72. The van der Waals surface area contributed by atoms with Gasteiger partial charge in [0.1, 0.15) is 5.75 Å². The van der Waals surface area contributed by atoms with Crippen molar-refractivity contribution < 1.29 is 9.53 Å². The van der Waals surface area contributed by atoms with Crippen LogP contribution in [0, 0.1) is 0 Å². The molecule has 5 heteroatoms. The van der Waals surface area contributed by atoms with Crippen molar-refractivity contribution in [2.45, 2.75) is 30.7 Å². The smallest absolute Gasteiger partial charge is 0.230 e. The monoisotopic (exact) mass is 294 g/mol. The van der Waals surface area contributed by atoms with Gasteiger partial charge in [-0.25, -0.2) is 0 Å². The second kappa shape index (κ2) is 8.17. The van der Waals surface area contributed by atoms with Gasteiger partial charge in [0.2, 0.25) is 5.91 Å². The molecule has 0 saturated carbocycles. The highest BCUT2D eigenvalue weighted by Gasteiger charge is 2.15. The molecule has 1 aliphatic heterocycles. The normalized spacial score (nSPS) is 18.6. The van der Waals surface area contributed by atoms with Gasteiger partial charge in [0.05, 0.1) is 12.4 Å². The van der Waals surface area contributed by atoms with Crippen LogP contribution < -0.4 is 15.4 Å². The minimum Gasteiger partial charge on any atom is -0.494 e. The lowest BCUT2D eigenvalue weighted by atomic mass is 10.1. The number of rotatable bonds is 6. The average molecular weight is 294 g/mol. The number of benzene rings is 1. The van der Waals surface area contributed by atoms with Crippen molar-refractivity contribution in [2.75, 3.05) is 25.4 Å². The average Bonchev–Trinajstić information content (AvgIpc) is 2.48. The lowest BCUT2D eigenvalue weighted by molar-refractivity contribution is -0.119. The zero-order valence-electron chi connectivity index (χ0n) is 11.9. The Morgan fingerprint density at radius 3 is 2.90 bits per heavy atom. The number of hydrogen-bond donors (Lipinski definition) is 2. The van der Waals surface area contributed by atoms with Crippen molar-refractivity contribution in [3.05, 3.63) is 24.3 Å². The van der Waals surface area contributed by atoms with Crippen LogP contribution in [0.3, 0.4) is 0 Å². The van der Waals surface area contributed by atoms with E-state index in [9.17, 15) is 4.79 Å². The van der Waals surface area contributed by atoms with Gasteiger partial charge in [-0.3, -0.25) is 4.79 Å². The van der Waals surface area contributed by atoms with Gasteiger partial charge in [-0.15, -0.1) is 11.8 Å². The van der Waals surface area contributed by atoms with Crippen LogP contribution in [-0.4, -0.2) is 37.4 Å². The lowest BCUT2D eigenvalue weighted by Crippen LogP contribution is -2.46. The molecule has 0 bridgehead atoms. The number of piperidine rings is 1. The molecule has 1 saturated heterocycles. The Bertz CT molecular complexity index is 416. The van der Waals surface area contributed by atoms with E-state index >= 15 is 0 Å². The minimum atomic E-state index is 0.109. The van der Waals surface area contributed by atoms with Crippen LogP contribution in [0.2, 0.25) is 0 Å². The van der Waals surface area contributed by atoms with Crippen LogP contribution in [0.4, 0.5) is 0 Å². The Morgan fingerprint density at radius 1 is 1.45 bits per heavy atom. The molecule has 0 radical (unpaired) electrons. The standard InChI is InChI=1S/C15H22N2O2S/c1-2-19-13-5-7-14(8-6-13)20-11-15(18)17-12-4-3-9-16-10-12/h5-8,12,16H,2-4,9-11H2,1H3,(H,17,18)/t12-/m0/s1. The number of nitrogens with one attached hydrogen (secondary N) is 2. The lowest BCUT2D eigenvalue weighted by Gasteiger charge is -2.23. The molecule has 0 spiro atoms. The zero-order chi connectivity index (χ0) is 14.2. The van der Waals surface area contributed by atoms with Crippen molar-refractivity contribution >= 4 is 17.7 Å². The van der Waals surface area contributed by atoms with Crippen LogP contribution in [0.5, 0.6) is 5.75 Å². The molecular formula is C15H22N2O2S.